The van der Waals surface area contributed by atoms with E-state index in [1.54, 1.807) is 12.3 Å². The van der Waals surface area contributed by atoms with Gasteiger partial charge in [-0.25, -0.2) is 9.37 Å². The summed E-state index contributed by atoms with van der Waals surface area (Å²) in [7, 11) is 0. The molecule has 3 rings (SSSR count). The van der Waals surface area contributed by atoms with Crippen LogP contribution in [-0.2, 0) is 4.79 Å². The molecule has 0 aliphatic carbocycles. The minimum absolute atomic E-state index is 0.0486. The van der Waals surface area contributed by atoms with Crippen LogP contribution in [0.1, 0.15) is 49.9 Å². The van der Waals surface area contributed by atoms with Crippen LogP contribution >= 0.6 is 0 Å². The first kappa shape index (κ1) is 19.1. The first-order valence-corrected chi connectivity index (χ1v) is 9.33. The van der Waals surface area contributed by atoms with Gasteiger partial charge >= 0.3 is 0 Å². The number of halogens is 1. The van der Waals surface area contributed by atoms with Crippen molar-refractivity contribution >= 4 is 11.6 Å². The van der Waals surface area contributed by atoms with Crippen molar-refractivity contribution in [1.29, 1.82) is 0 Å². The number of pyridine rings is 1. The van der Waals surface area contributed by atoms with Crippen LogP contribution in [0.25, 0.3) is 5.65 Å². The number of aromatic nitrogens is 2. The van der Waals surface area contributed by atoms with Crippen molar-refractivity contribution < 1.29 is 9.18 Å². The molecule has 0 saturated carbocycles. The van der Waals surface area contributed by atoms with E-state index in [1.807, 2.05) is 42.6 Å². The van der Waals surface area contributed by atoms with Crippen molar-refractivity contribution in [2.75, 3.05) is 0 Å². The Balaban J connectivity index is 1.98. The van der Waals surface area contributed by atoms with Gasteiger partial charge in [0.25, 0.3) is 0 Å². The van der Waals surface area contributed by atoms with Crippen molar-refractivity contribution in [1.82, 2.24) is 14.7 Å². The molecule has 5 heteroatoms. The molecule has 0 saturated heterocycles. The topological polar surface area (TPSA) is 46.4 Å². The third-order valence-electron chi connectivity index (χ3n) is 5.08. The largest absolute Gasteiger partial charge is 0.353 e. The number of rotatable bonds is 6. The minimum atomic E-state index is -0.307. The highest BCUT2D eigenvalue weighted by Crippen LogP contribution is 2.29. The first-order chi connectivity index (χ1) is 12.8. The number of aryl methyl sites for hydroxylation is 1. The lowest BCUT2D eigenvalue weighted by Crippen LogP contribution is -2.36. The molecule has 0 radical (unpaired) electrons. The fourth-order valence-electron chi connectivity index (χ4n) is 3.14. The van der Waals surface area contributed by atoms with E-state index in [2.05, 4.69) is 24.1 Å². The molecule has 4 nitrogen and oxygen atoms in total. The monoisotopic (exact) mass is 367 g/mol. The number of carbonyl (C=O) groups is 1. The van der Waals surface area contributed by atoms with E-state index in [-0.39, 0.29) is 30.1 Å². The van der Waals surface area contributed by atoms with Gasteiger partial charge in [-0.15, -0.1) is 0 Å². The fourth-order valence-corrected chi connectivity index (χ4v) is 3.14. The Kier molecular flexibility index (Phi) is 5.59. The standard InChI is InChI=1S/C22H26FN3O/c1-14(2)16(4)25-22(27)12-19(17-6-5-7-18(23)11-17)20-13-24-21-10-15(3)8-9-26(20)21/h5-11,13-14,16,19H,12H2,1-4H3,(H,25,27). The van der Waals surface area contributed by atoms with Gasteiger partial charge in [-0.3, -0.25) is 4.79 Å². The molecule has 0 spiro atoms. The van der Waals surface area contributed by atoms with Gasteiger partial charge in [-0.2, -0.15) is 0 Å². The molecule has 0 fully saturated rings. The van der Waals surface area contributed by atoms with Gasteiger partial charge in [-0.1, -0.05) is 26.0 Å². The van der Waals surface area contributed by atoms with Crippen LogP contribution in [0.3, 0.4) is 0 Å². The van der Waals surface area contributed by atoms with E-state index >= 15 is 0 Å². The number of benzene rings is 1. The van der Waals surface area contributed by atoms with Gasteiger partial charge in [0.2, 0.25) is 5.91 Å². The number of carbonyl (C=O) groups excluding carboxylic acids is 1. The number of amides is 1. The molecule has 1 N–H and O–H groups in total. The Morgan fingerprint density at radius 3 is 2.70 bits per heavy atom. The smallest absolute Gasteiger partial charge is 0.221 e. The van der Waals surface area contributed by atoms with Gasteiger partial charge in [0.15, 0.2) is 0 Å². The average molecular weight is 367 g/mol. The number of fused-ring (bicyclic) bond motifs is 1. The number of nitrogens with one attached hydrogen (secondary N) is 1. The van der Waals surface area contributed by atoms with Crippen LogP contribution < -0.4 is 5.32 Å². The summed E-state index contributed by atoms with van der Waals surface area (Å²) in [6.07, 6.45) is 3.97. The van der Waals surface area contributed by atoms with Crippen LogP contribution in [0.15, 0.2) is 48.8 Å². The van der Waals surface area contributed by atoms with Crippen LogP contribution in [-0.4, -0.2) is 21.3 Å². The third-order valence-corrected chi connectivity index (χ3v) is 5.08. The zero-order valence-corrected chi connectivity index (χ0v) is 16.2. The van der Waals surface area contributed by atoms with E-state index < -0.39 is 0 Å². The molecule has 3 aromatic rings. The summed E-state index contributed by atoms with van der Waals surface area (Å²) in [6, 6.07) is 10.5. The van der Waals surface area contributed by atoms with Crippen LogP contribution in [0.4, 0.5) is 4.39 Å². The second-order valence-electron chi connectivity index (χ2n) is 7.53. The summed E-state index contributed by atoms with van der Waals surface area (Å²) in [5, 5.41) is 3.05. The molecule has 142 valence electrons. The number of imidazole rings is 1. The summed E-state index contributed by atoms with van der Waals surface area (Å²) >= 11 is 0. The molecule has 2 aromatic heterocycles. The zero-order valence-electron chi connectivity index (χ0n) is 16.2. The predicted molar refractivity (Wildman–Crippen MR) is 105 cm³/mol. The highest BCUT2D eigenvalue weighted by molar-refractivity contribution is 5.77. The maximum absolute atomic E-state index is 13.9. The Bertz CT molecular complexity index is 948. The van der Waals surface area contributed by atoms with Gasteiger partial charge < -0.3 is 9.72 Å². The van der Waals surface area contributed by atoms with Crippen molar-refractivity contribution in [3.63, 3.8) is 0 Å². The fraction of sp³-hybridized carbons (Fsp3) is 0.364. The average Bonchev–Trinajstić information content (AvgIpc) is 3.02. The molecular weight excluding hydrogens is 341 g/mol. The van der Waals surface area contributed by atoms with Crippen molar-refractivity contribution in [2.24, 2.45) is 5.92 Å². The molecule has 1 amide bonds. The van der Waals surface area contributed by atoms with Crippen molar-refractivity contribution in [3.8, 4) is 0 Å². The predicted octanol–water partition coefficient (Wildman–Crippen LogP) is 4.46. The number of nitrogens with zero attached hydrogens (tertiary/aromatic N) is 2. The molecule has 2 atom stereocenters. The molecule has 2 heterocycles. The van der Waals surface area contributed by atoms with Gasteiger partial charge in [0, 0.05) is 30.8 Å². The maximum atomic E-state index is 13.9. The lowest BCUT2D eigenvalue weighted by molar-refractivity contribution is -0.122. The van der Waals surface area contributed by atoms with Crippen LogP contribution in [0.5, 0.6) is 0 Å². The molecular formula is C22H26FN3O. The Labute approximate surface area is 159 Å². The Morgan fingerprint density at radius 2 is 2.00 bits per heavy atom. The summed E-state index contributed by atoms with van der Waals surface area (Å²) < 4.78 is 15.8. The van der Waals surface area contributed by atoms with Gasteiger partial charge in [-0.05, 0) is 55.2 Å². The van der Waals surface area contributed by atoms with E-state index in [0.29, 0.717) is 5.92 Å². The van der Waals surface area contributed by atoms with E-state index in [4.69, 9.17) is 0 Å². The summed E-state index contributed by atoms with van der Waals surface area (Å²) in [4.78, 5) is 17.2. The Morgan fingerprint density at radius 1 is 1.22 bits per heavy atom. The lowest BCUT2D eigenvalue weighted by atomic mass is 9.92. The molecule has 0 aliphatic rings. The number of hydrogen-bond acceptors (Lipinski definition) is 2. The van der Waals surface area contributed by atoms with E-state index in [1.165, 1.54) is 12.1 Å². The zero-order chi connectivity index (χ0) is 19.6. The molecule has 1 aromatic carbocycles. The highest BCUT2D eigenvalue weighted by atomic mass is 19.1. The number of hydrogen-bond donors (Lipinski definition) is 1. The third kappa shape index (κ3) is 4.35. The normalized spacial score (nSPS) is 13.7. The van der Waals surface area contributed by atoms with E-state index in [0.717, 1.165) is 22.5 Å². The lowest BCUT2D eigenvalue weighted by Gasteiger charge is -2.21. The SMILES string of the molecule is Cc1ccn2c(C(CC(=O)NC(C)C(C)C)c3cccc(F)c3)cnc2c1. The molecule has 27 heavy (non-hydrogen) atoms. The summed E-state index contributed by atoms with van der Waals surface area (Å²) in [5.74, 6) is -0.288. The summed E-state index contributed by atoms with van der Waals surface area (Å²) in [6.45, 7) is 8.15. The van der Waals surface area contributed by atoms with Gasteiger partial charge in [0.1, 0.15) is 11.5 Å². The first-order valence-electron chi connectivity index (χ1n) is 9.33. The minimum Gasteiger partial charge on any atom is -0.353 e. The maximum Gasteiger partial charge on any atom is 0.221 e. The second-order valence-corrected chi connectivity index (χ2v) is 7.53. The summed E-state index contributed by atoms with van der Waals surface area (Å²) in [5.41, 5.74) is 3.58. The quantitative estimate of drug-likeness (QED) is 0.699. The van der Waals surface area contributed by atoms with E-state index in [9.17, 15) is 9.18 Å². The van der Waals surface area contributed by atoms with Gasteiger partial charge in [0.05, 0.1) is 5.69 Å². The molecule has 2 unspecified atom stereocenters. The van der Waals surface area contributed by atoms with Crippen molar-refractivity contribution in [2.45, 2.75) is 46.1 Å². The Hall–Kier alpha value is -2.69. The van der Waals surface area contributed by atoms with Crippen molar-refractivity contribution in [3.05, 3.63) is 71.4 Å². The second kappa shape index (κ2) is 7.91. The molecule has 0 aliphatic heterocycles. The highest BCUT2D eigenvalue weighted by Gasteiger charge is 2.23. The molecule has 0 bridgehead atoms. The van der Waals surface area contributed by atoms with Crippen LogP contribution in [0.2, 0.25) is 0 Å². The van der Waals surface area contributed by atoms with Crippen LogP contribution in [0, 0.1) is 18.7 Å².